The van der Waals surface area contributed by atoms with E-state index < -0.39 is 6.10 Å². The van der Waals surface area contributed by atoms with E-state index in [1.54, 1.807) is 0 Å². The van der Waals surface area contributed by atoms with Gasteiger partial charge in [0.1, 0.15) is 6.61 Å². The Bertz CT molecular complexity index is 906. The van der Waals surface area contributed by atoms with E-state index in [9.17, 15) is 14.7 Å². The molecule has 0 rings (SSSR count). The molecule has 0 heterocycles. The van der Waals surface area contributed by atoms with E-state index in [-0.39, 0.29) is 25.2 Å². The molecule has 0 spiro atoms. The van der Waals surface area contributed by atoms with Crippen LogP contribution in [-0.4, -0.2) is 36.4 Å². The standard InChI is InChI=1S/C60H118O5/c1-3-5-7-9-11-13-15-17-19-21-23-24-25-26-27-28-29-30-31-32-33-34-35-37-39-41-43-45-47-49-51-53-55-60(63)65-58(56-61)57-64-59(62)54-52-50-48-46-44-42-40-38-36-22-20-18-16-14-12-10-8-6-4-2/h58,61H,3-57H2,1-2H3. The smallest absolute Gasteiger partial charge is 0.306 e. The van der Waals surface area contributed by atoms with Gasteiger partial charge in [-0.1, -0.05) is 328 Å². The Labute approximate surface area is 408 Å². The number of esters is 2. The molecule has 0 aromatic heterocycles. The zero-order chi connectivity index (χ0) is 47.0. The van der Waals surface area contributed by atoms with E-state index in [0.29, 0.717) is 12.8 Å². The van der Waals surface area contributed by atoms with Crippen molar-refractivity contribution >= 4 is 11.9 Å². The molecule has 1 atom stereocenters. The molecule has 0 saturated carbocycles. The topological polar surface area (TPSA) is 72.8 Å². The maximum Gasteiger partial charge on any atom is 0.306 e. The predicted octanol–water partition coefficient (Wildman–Crippen LogP) is 20.1. The highest BCUT2D eigenvalue weighted by Gasteiger charge is 2.16. The summed E-state index contributed by atoms with van der Waals surface area (Å²) >= 11 is 0. The van der Waals surface area contributed by atoms with E-state index in [2.05, 4.69) is 13.8 Å². The lowest BCUT2D eigenvalue weighted by Crippen LogP contribution is -2.28. The highest BCUT2D eigenvalue weighted by molar-refractivity contribution is 5.70. The van der Waals surface area contributed by atoms with Gasteiger partial charge in [0.2, 0.25) is 0 Å². The summed E-state index contributed by atoms with van der Waals surface area (Å²) in [6, 6.07) is 0. The molecule has 0 aliphatic rings. The Kier molecular flexibility index (Phi) is 56.3. The van der Waals surface area contributed by atoms with Crippen LogP contribution in [0.3, 0.4) is 0 Å². The first-order chi connectivity index (χ1) is 32.1. The number of unbranched alkanes of at least 4 members (excludes halogenated alkanes) is 49. The molecule has 0 aromatic rings. The van der Waals surface area contributed by atoms with Crippen molar-refractivity contribution in [2.75, 3.05) is 13.2 Å². The molecule has 0 aromatic carbocycles. The van der Waals surface area contributed by atoms with Crippen LogP contribution in [0, 0.1) is 0 Å². The molecular weight excluding hydrogens is 801 g/mol. The first-order valence-electron chi connectivity index (χ1n) is 30.1. The third-order valence-electron chi connectivity index (χ3n) is 14.2. The lowest BCUT2D eigenvalue weighted by Gasteiger charge is -2.15. The van der Waals surface area contributed by atoms with E-state index in [1.165, 1.54) is 295 Å². The molecule has 388 valence electrons. The predicted molar refractivity (Wildman–Crippen MR) is 284 cm³/mol. The largest absolute Gasteiger partial charge is 0.462 e. The molecule has 1 unspecified atom stereocenters. The minimum atomic E-state index is -0.764. The summed E-state index contributed by atoms with van der Waals surface area (Å²) in [6.45, 7) is 4.21. The molecule has 0 aliphatic carbocycles. The first kappa shape index (κ1) is 63.9. The van der Waals surface area contributed by atoms with Crippen LogP contribution >= 0.6 is 0 Å². The SMILES string of the molecule is CCCCCCCCCCCCCCCCCCCCCCCCCCCCCCCCCCC(=O)OC(CO)COC(=O)CCCCCCCCCCCCCCCCCCCCC. The van der Waals surface area contributed by atoms with Crippen molar-refractivity contribution in [1.82, 2.24) is 0 Å². The number of ether oxygens (including phenoxy) is 2. The van der Waals surface area contributed by atoms with Crippen molar-refractivity contribution in [3.8, 4) is 0 Å². The van der Waals surface area contributed by atoms with Gasteiger partial charge in [0, 0.05) is 12.8 Å². The van der Waals surface area contributed by atoms with E-state index in [1.807, 2.05) is 0 Å². The molecule has 0 radical (unpaired) electrons. The second kappa shape index (κ2) is 57.2. The van der Waals surface area contributed by atoms with Crippen LogP contribution in [0.4, 0.5) is 0 Å². The number of carbonyl (C=O) groups excluding carboxylic acids is 2. The molecule has 0 amide bonds. The van der Waals surface area contributed by atoms with E-state index in [0.717, 1.165) is 32.1 Å². The van der Waals surface area contributed by atoms with Gasteiger partial charge in [0.15, 0.2) is 6.10 Å². The minimum Gasteiger partial charge on any atom is -0.462 e. The number of aliphatic hydroxyl groups excluding tert-OH is 1. The van der Waals surface area contributed by atoms with Gasteiger partial charge in [-0.05, 0) is 12.8 Å². The van der Waals surface area contributed by atoms with Gasteiger partial charge in [-0.2, -0.15) is 0 Å². The maximum atomic E-state index is 12.3. The average Bonchev–Trinajstić information content (AvgIpc) is 3.31. The van der Waals surface area contributed by atoms with Gasteiger partial charge in [0.25, 0.3) is 0 Å². The Hall–Kier alpha value is -1.10. The van der Waals surface area contributed by atoms with E-state index >= 15 is 0 Å². The highest BCUT2D eigenvalue weighted by atomic mass is 16.6. The molecule has 1 N–H and O–H groups in total. The van der Waals surface area contributed by atoms with Crippen molar-refractivity contribution in [3.05, 3.63) is 0 Å². The van der Waals surface area contributed by atoms with Crippen LogP contribution in [0.15, 0.2) is 0 Å². The Morgan fingerprint density at radius 2 is 0.477 bits per heavy atom. The fraction of sp³-hybridized carbons (Fsp3) is 0.967. The van der Waals surface area contributed by atoms with Gasteiger partial charge in [-0.25, -0.2) is 0 Å². The van der Waals surface area contributed by atoms with Crippen LogP contribution in [-0.2, 0) is 19.1 Å². The second-order valence-corrected chi connectivity index (χ2v) is 20.8. The van der Waals surface area contributed by atoms with Crippen molar-refractivity contribution < 1.29 is 24.2 Å². The van der Waals surface area contributed by atoms with Crippen LogP contribution in [0.2, 0.25) is 0 Å². The number of rotatable bonds is 57. The monoisotopic (exact) mass is 919 g/mol. The first-order valence-corrected chi connectivity index (χ1v) is 30.1. The van der Waals surface area contributed by atoms with Crippen molar-refractivity contribution in [2.45, 2.75) is 360 Å². The molecule has 0 bridgehead atoms. The van der Waals surface area contributed by atoms with Gasteiger partial charge in [0.05, 0.1) is 6.61 Å². The summed E-state index contributed by atoms with van der Waals surface area (Å²) in [5.74, 6) is -0.563. The minimum absolute atomic E-state index is 0.0557. The zero-order valence-electron chi connectivity index (χ0n) is 44.5. The average molecular weight is 920 g/mol. The van der Waals surface area contributed by atoms with Crippen LogP contribution in [0.25, 0.3) is 0 Å². The third-order valence-corrected chi connectivity index (χ3v) is 14.2. The normalized spacial score (nSPS) is 12.0. The number of hydrogen-bond donors (Lipinski definition) is 1. The lowest BCUT2D eigenvalue weighted by molar-refractivity contribution is -0.161. The summed E-state index contributed by atoms with van der Waals surface area (Å²) in [5, 5.41) is 9.65. The molecule has 0 aliphatic heterocycles. The van der Waals surface area contributed by atoms with Gasteiger partial charge >= 0.3 is 11.9 Å². The second-order valence-electron chi connectivity index (χ2n) is 20.8. The fourth-order valence-electron chi connectivity index (χ4n) is 9.62. The number of aliphatic hydroxyl groups is 1. The summed E-state index contributed by atoms with van der Waals surface area (Å²) in [5.41, 5.74) is 0. The quantitative estimate of drug-likeness (QED) is 0.0486. The molecule has 65 heavy (non-hydrogen) atoms. The lowest BCUT2D eigenvalue weighted by atomic mass is 10.0. The van der Waals surface area contributed by atoms with Crippen molar-refractivity contribution in [3.63, 3.8) is 0 Å². The molecule has 0 saturated heterocycles. The number of carbonyl (C=O) groups is 2. The molecule has 5 heteroatoms. The van der Waals surface area contributed by atoms with Gasteiger partial charge < -0.3 is 14.6 Å². The van der Waals surface area contributed by atoms with Crippen LogP contribution in [0.5, 0.6) is 0 Å². The molecule has 5 nitrogen and oxygen atoms in total. The molecular formula is C60H118O5. The van der Waals surface area contributed by atoms with Crippen LogP contribution < -0.4 is 0 Å². The van der Waals surface area contributed by atoms with E-state index in [4.69, 9.17) is 9.47 Å². The Balaban J connectivity index is 3.36. The Morgan fingerprint density at radius 3 is 0.677 bits per heavy atom. The fourth-order valence-corrected chi connectivity index (χ4v) is 9.62. The summed E-state index contributed by atoms with van der Waals surface area (Å²) in [7, 11) is 0. The molecule has 0 fully saturated rings. The highest BCUT2D eigenvalue weighted by Crippen LogP contribution is 2.19. The van der Waals surface area contributed by atoms with Gasteiger partial charge in [-0.15, -0.1) is 0 Å². The van der Waals surface area contributed by atoms with Crippen molar-refractivity contribution in [1.29, 1.82) is 0 Å². The summed E-state index contributed by atoms with van der Waals surface area (Å²) in [6.07, 6.45) is 69.6. The van der Waals surface area contributed by atoms with Crippen molar-refractivity contribution in [2.24, 2.45) is 0 Å². The summed E-state index contributed by atoms with van der Waals surface area (Å²) < 4.78 is 10.7. The Morgan fingerprint density at radius 1 is 0.292 bits per heavy atom. The maximum absolute atomic E-state index is 12.3. The summed E-state index contributed by atoms with van der Waals surface area (Å²) in [4.78, 5) is 24.5. The van der Waals surface area contributed by atoms with Crippen LogP contribution in [0.1, 0.15) is 354 Å². The number of hydrogen-bond acceptors (Lipinski definition) is 5. The zero-order valence-corrected chi connectivity index (χ0v) is 44.5. The third kappa shape index (κ3) is 55.4. The van der Waals surface area contributed by atoms with Gasteiger partial charge in [-0.3, -0.25) is 9.59 Å².